The fourth-order valence-electron chi connectivity index (χ4n) is 0. The lowest BCUT2D eigenvalue weighted by Crippen LogP contribution is -1.49. The Morgan fingerprint density at radius 1 is 1.40 bits per heavy atom. The van der Waals surface area contributed by atoms with Gasteiger partial charge < -0.3 is 16.1 Å². The standard InChI is InChI=1S/CH2O2.2H2O/c2-1-3;;/h1H,(H,2,3);2*1H2. The Morgan fingerprint density at radius 2 is 1.40 bits per heavy atom. The highest BCUT2D eigenvalue weighted by Gasteiger charge is 1.22. The van der Waals surface area contributed by atoms with Crippen LogP contribution in [-0.4, -0.2) is 22.5 Å². The zero-order valence-corrected chi connectivity index (χ0v) is 2.43. The molecule has 5 heavy (non-hydrogen) atoms. The van der Waals surface area contributed by atoms with Gasteiger partial charge >= 0.3 is 0 Å². The van der Waals surface area contributed by atoms with E-state index in [4.69, 9.17) is 9.90 Å². The molecule has 0 radical (unpaired) electrons. The summed E-state index contributed by atoms with van der Waals surface area (Å²) in [5, 5.41) is 6.89. The van der Waals surface area contributed by atoms with Crippen LogP contribution in [0.25, 0.3) is 0 Å². The Kier molecular flexibility index (Phi) is 665. The van der Waals surface area contributed by atoms with Crippen molar-refractivity contribution < 1.29 is 20.9 Å². The van der Waals surface area contributed by atoms with Crippen LogP contribution in [0.2, 0.25) is 0 Å². The summed E-state index contributed by atoms with van der Waals surface area (Å²) >= 11 is 0. The van der Waals surface area contributed by atoms with Crippen LogP contribution < -0.4 is 0 Å². The van der Waals surface area contributed by atoms with Gasteiger partial charge in [-0.25, -0.2) is 0 Å². The van der Waals surface area contributed by atoms with Crippen LogP contribution in [0.3, 0.4) is 0 Å². The van der Waals surface area contributed by atoms with E-state index in [1.165, 1.54) is 0 Å². The molecule has 0 saturated heterocycles. The van der Waals surface area contributed by atoms with Crippen LogP contribution in [0.5, 0.6) is 0 Å². The Balaban J connectivity index is -0.0000000200. The van der Waals surface area contributed by atoms with Crippen LogP contribution in [0.1, 0.15) is 0 Å². The molecule has 0 aliphatic heterocycles. The molecule has 4 heteroatoms. The van der Waals surface area contributed by atoms with Gasteiger partial charge in [0.05, 0.1) is 0 Å². The maximum Gasteiger partial charge on any atom is 0.290 e. The van der Waals surface area contributed by atoms with E-state index in [9.17, 15) is 0 Å². The summed E-state index contributed by atoms with van der Waals surface area (Å²) in [6.07, 6.45) is 0. The van der Waals surface area contributed by atoms with Gasteiger partial charge in [0, 0.05) is 0 Å². The predicted molar refractivity (Wildman–Crippen MR) is 15.9 cm³/mol. The lowest BCUT2D eigenvalue weighted by atomic mass is 11.7. The highest BCUT2D eigenvalue weighted by Crippen LogP contribution is 0.966. The molecular weight excluding hydrogens is 76.0 g/mol. The summed E-state index contributed by atoms with van der Waals surface area (Å²) in [5.41, 5.74) is 0. The largest absolute Gasteiger partial charge is 0.483 e. The minimum Gasteiger partial charge on any atom is -0.483 e. The van der Waals surface area contributed by atoms with Crippen LogP contribution in [0, 0.1) is 0 Å². The topological polar surface area (TPSA) is 100 Å². The van der Waals surface area contributed by atoms with Gasteiger partial charge in [0.2, 0.25) is 0 Å². The summed E-state index contributed by atoms with van der Waals surface area (Å²) in [7, 11) is 0. The van der Waals surface area contributed by atoms with Gasteiger partial charge in [-0.2, -0.15) is 0 Å². The summed E-state index contributed by atoms with van der Waals surface area (Å²) in [5.74, 6) is 0. The molecule has 0 aromatic heterocycles. The quantitative estimate of drug-likeness (QED) is 0.343. The fourth-order valence-corrected chi connectivity index (χ4v) is 0. The Morgan fingerprint density at radius 3 is 1.40 bits per heavy atom. The number of hydrogen-bond donors (Lipinski definition) is 1. The molecule has 4 nitrogen and oxygen atoms in total. The maximum absolute atomic E-state index is 8.36. The van der Waals surface area contributed by atoms with E-state index in [0.717, 1.165) is 0 Å². The van der Waals surface area contributed by atoms with E-state index in [0.29, 0.717) is 0 Å². The summed E-state index contributed by atoms with van der Waals surface area (Å²) in [6.45, 7) is -0.250. The van der Waals surface area contributed by atoms with Crippen molar-refractivity contribution in [1.29, 1.82) is 0 Å². The van der Waals surface area contributed by atoms with Crippen LogP contribution >= 0.6 is 0 Å². The third-order valence-corrected chi connectivity index (χ3v) is 0. The predicted octanol–water partition coefficient (Wildman–Crippen LogP) is -1.95. The van der Waals surface area contributed by atoms with E-state index in [1.54, 1.807) is 0 Å². The molecule has 0 saturated carbocycles. The minimum atomic E-state index is -0.250. The van der Waals surface area contributed by atoms with Crippen molar-refractivity contribution >= 4 is 6.47 Å². The monoisotopic (exact) mass is 82.0 g/mol. The first kappa shape index (κ1) is 26.1. The average Bonchev–Trinajstić information content (AvgIpc) is 0.918. The summed E-state index contributed by atoms with van der Waals surface area (Å²) in [4.78, 5) is 8.36. The fraction of sp³-hybridized carbons (Fsp3) is 0. The smallest absolute Gasteiger partial charge is 0.290 e. The van der Waals surface area contributed by atoms with Gasteiger partial charge in [0.15, 0.2) is 0 Å². The van der Waals surface area contributed by atoms with Crippen molar-refractivity contribution in [3.63, 3.8) is 0 Å². The number of hydrogen-bond acceptors (Lipinski definition) is 1. The second-order valence-electron chi connectivity index (χ2n) is 0.105. The van der Waals surface area contributed by atoms with Crippen LogP contribution in [0.4, 0.5) is 0 Å². The van der Waals surface area contributed by atoms with Gasteiger partial charge in [-0.15, -0.1) is 0 Å². The highest BCUT2D eigenvalue weighted by molar-refractivity contribution is 5.32. The van der Waals surface area contributed by atoms with Crippen molar-refractivity contribution in [3.05, 3.63) is 0 Å². The lowest BCUT2D eigenvalue weighted by molar-refractivity contribution is -0.122. The van der Waals surface area contributed by atoms with E-state index in [1.807, 2.05) is 0 Å². The van der Waals surface area contributed by atoms with E-state index >= 15 is 0 Å². The SMILES string of the molecule is O.O.O=CO. The second kappa shape index (κ2) is 127. The first-order valence-electron chi connectivity index (χ1n) is 0.494. The van der Waals surface area contributed by atoms with Crippen molar-refractivity contribution in [2.24, 2.45) is 0 Å². The van der Waals surface area contributed by atoms with Crippen molar-refractivity contribution in [1.82, 2.24) is 0 Å². The molecule has 0 aromatic carbocycles. The number of carbonyl (C=O) groups is 1. The Hall–Kier alpha value is -0.610. The van der Waals surface area contributed by atoms with Crippen LogP contribution in [0.15, 0.2) is 0 Å². The molecule has 0 spiro atoms. The molecule has 34 valence electrons. The van der Waals surface area contributed by atoms with E-state index in [2.05, 4.69) is 0 Å². The van der Waals surface area contributed by atoms with E-state index in [-0.39, 0.29) is 17.4 Å². The molecule has 0 amide bonds. The molecule has 0 rings (SSSR count). The minimum absolute atomic E-state index is 0. The molecule has 0 heterocycles. The Labute approximate surface area is 28.7 Å². The zero-order valence-electron chi connectivity index (χ0n) is 2.43. The van der Waals surface area contributed by atoms with Crippen molar-refractivity contribution in [3.8, 4) is 0 Å². The molecule has 0 aliphatic carbocycles. The first-order chi connectivity index (χ1) is 1.41. The van der Waals surface area contributed by atoms with Crippen LogP contribution in [-0.2, 0) is 4.79 Å². The molecule has 0 atom stereocenters. The molecule has 0 unspecified atom stereocenters. The average molecular weight is 82.1 g/mol. The molecule has 5 N–H and O–H groups in total. The molecule has 0 fully saturated rings. The zero-order chi connectivity index (χ0) is 2.71. The molecule has 0 aliphatic rings. The van der Waals surface area contributed by atoms with Gasteiger partial charge in [0.1, 0.15) is 0 Å². The van der Waals surface area contributed by atoms with Gasteiger partial charge in [-0.3, -0.25) is 4.79 Å². The number of rotatable bonds is 0. The highest BCUT2D eigenvalue weighted by atomic mass is 16.3. The molecule has 0 aromatic rings. The van der Waals surface area contributed by atoms with Crippen molar-refractivity contribution in [2.45, 2.75) is 0 Å². The normalized spacial score (nSPS) is 2.40. The Bertz CT molecular complexity index is 11.1. The van der Waals surface area contributed by atoms with Gasteiger partial charge in [-0.1, -0.05) is 0 Å². The molecular formula is CH6O4. The van der Waals surface area contributed by atoms with Gasteiger partial charge in [-0.05, 0) is 0 Å². The first-order valence-corrected chi connectivity index (χ1v) is 0.494. The maximum atomic E-state index is 8.36. The summed E-state index contributed by atoms with van der Waals surface area (Å²) < 4.78 is 0. The second-order valence-corrected chi connectivity index (χ2v) is 0.105. The lowest BCUT2D eigenvalue weighted by Gasteiger charge is -1.34. The molecule has 0 bridgehead atoms. The third kappa shape index (κ3) is 17.6. The van der Waals surface area contributed by atoms with E-state index < -0.39 is 0 Å². The van der Waals surface area contributed by atoms with Crippen molar-refractivity contribution in [2.75, 3.05) is 0 Å². The third-order valence-electron chi connectivity index (χ3n) is 0. The summed E-state index contributed by atoms with van der Waals surface area (Å²) in [6, 6.07) is 0. The van der Waals surface area contributed by atoms with Gasteiger partial charge in [0.25, 0.3) is 6.47 Å². The number of carboxylic acid groups (broad SMARTS) is 1.